The van der Waals surface area contributed by atoms with Crippen LogP contribution in [0.25, 0.3) is 0 Å². The number of carbonyl (C=O) groups excluding carboxylic acids is 2. The number of para-hydroxylation sites is 1. The van der Waals surface area contributed by atoms with Crippen LogP contribution in [0.4, 0.5) is 5.69 Å². The fraction of sp³-hybridized carbons (Fsp3) is 0.241. The van der Waals surface area contributed by atoms with Crippen LogP contribution >= 0.6 is 23.2 Å². The van der Waals surface area contributed by atoms with Crippen molar-refractivity contribution in [2.45, 2.75) is 30.8 Å². The van der Waals surface area contributed by atoms with E-state index in [4.69, 9.17) is 32.7 Å². The number of halogens is 2. The highest BCUT2D eigenvalue weighted by molar-refractivity contribution is 7.89. The minimum atomic E-state index is -4.24. The molecule has 208 valence electrons. The molecular weight excluding hydrogens is 575 g/mol. The molecule has 0 bridgehead atoms. The Morgan fingerprint density at radius 2 is 1.75 bits per heavy atom. The van der Waals surface area contributed by atoms with Crippen LogP contribution in [0, 0.1) is 11.8 Å². The summed E-state index contributed by atoms with van der Waals surface area (Å²) in [6.07, 6.45) is 0.705. The zero-order chi connectivity index (χ0) is 28.9. The molecule has 0 aliphatic carbocycles. The zero-order valence-corrected chi connectivity index (χ0v) is 24.1. The molecule has 3 aromatic carbocycles. The highest BCUT2D eigenvalue weighted by atomic mass is 35.5. The second kappa shape index (κ2) is 12.7. The quantitative estimate of drug-likeness (QED) is 0.286. The lowest BCUT2D eigenvalue weighted by Gasteiger charge is -2.29. The number of ether oxygens (including phenoxy) is 2. The summed E-state index contributed by atoms with van der Waals surface area (Å²) in [4.78, 5) is 28.1. The van der Waals surface area contributed by atoms with Gasteiger partial charge in [0.1, 0.15) is 18.4 Å². The molecule has 3 aromatic rings. The van der Waals surface area contributed by atoms with Crippen molar-refractivity contribution >= 4 is 50.8 Å². The Labute approximate surface area is 243 Å². The molecule has 0 fully saturated rings. The second-order valence-corrected chi connectivity index (χ2v) is 11.5. The first-order chi connectivity index (χ1) is 19.2. The van der Waals surface area contributed by atoms with Gasteiger partial charge in [0.15, 0.2) is 0 Å². The number of hydrogen-bond acceptors (Lipinski definition) is 6. The van der Waals surface area contributed by atoms with Gasteiger partial charge in [-0.2, -0.15) is 4.31 Å². The Morgan fingerprint density at radius 3 is 2.42 bits per heavy atom. The highest BCUT2D eigenvalue weighted by Crippen LogP contribution is 2.34. The summed E-state index contributed by atoms with van der Waals surface area (Å²) in [5.74, 6) is 4.87. The van der Waals surface area contributed by atoms with Gasteiger partial charge in [-0.15, -0.1) is 5.92 Å². The van der Waals surface area contributed by atoms with Crippen molar-refractivity contribution in [3.05, 3.63) is 87.9 Å². The number of benzene rings is 3. The molecule has 1 unspecified atom stereocenters. The molecule has 0 N–H and O–H groups in total. The molecule has 1 atom stereocenters. The van der Waals surface area contributed by atoms with E-state index in [-0.39, 0.29) is 35.2 Å². The summed E-state index contributed by atoms with van der Waals surface area (Å²) < 4.78 is 39.5. The molecule has 40 heavy (non-hydrogen) atoms. The number of sulfonamides is 1. The topological polar surface area (TPSA) is 93.2 Å². The standard InChI is InChI=1S/C29H26Cl2N2O6S/c1-3-4-7-16-39-22-11-13-23(14-12-22)40(36,37)33-18-20-8-5-6-9-26(20)32(19-27(33)29(35)38-2)28(34)24-15-10-21(30)17-25(24)31/h5-6,8-15,17,27H,3,16,18-19H2,1-2H3. The smallest absolute Gasteiger partial charge is 0.326 e. The summed E-state index contributed by atoms with van der Waals surface area (Å²) in [5.41, 5.74) is 1.12. The number of hydrogen-bond donors (Lipinski definition) is 0. The average Bonchev–Trinajstić information content (AvgIpc) is 3.13. The number of rotatable bonds is 6. The molecule has 0 saturated carbocycles. The van der Waals surface area contributed by atoms with Gasteiger partial charge in [0.05, 0.1) is 29.1 Å². The van der Waals surface area contributed by atoms with Gasteiger partial charge in [-0.1, -0.05) is 54.2 Å². The van der Waals surface area contributed by atoms with E-state index in [2.05, 4.69) is 11.8 Å². The van der Waals surface area contributed by atoms with E-state index in [1.165, 1.54) is 54.5 Å². The van der Waals surface area contributed by atoms with Crippen molar-refractivity contribution < 1.29 is 27.5 Å². The molecule has 1 aliphatic rings. The Hall–Kier alpha value is -3.55. The molecule has 0 radical (unpaired) electrons. The number of fused-ring (bicyclic) bond motifs is 1. The van der Waals surface area contributed by atoms with Crippen molar-refractivity contribution in [3.63, 3.8) is 0 Å². The summed E-state index contributed by atoms with van der Waals surface area (Å²) in [6, 6.07) is 15.8. The van der Waals surface area contributed by atoms with Crippen LogP contribution < -0.4 is 9.64 Å². The monoisotopic (exact) mass is 600 g/mol. The third-order valence-electron chi connectivity index (χ3n) is 6.23. The predicted molar refractivity (Wildman–Crippen MR) is 153 cm³/mol. The molecule has 4 rings (SSSR count). The van der Waals surface area contributed by atoms with Crippen LogP contribution in [0.15, 0.2) is 71.6 Å². The van der Waals surface area contributed by atoms with Gasteiger partial charge in [-0.05, 0) is 54.1 Å². The normalized spacial score (nSPS) is 15.3. The summed E-state index contributed by atoms with van der Waals surface area (Å²) in [7, 11) is -3.07. The molecule has 0 spiro atoms. The Bertz CT molecular complexity index is 1580. The van der Waals surface area contributed by atoms with Crippen LogP contribution in [-0.4, -0.2) is 50.9 Å². The van der Waals surface area contributed by atoms with Gasteiger partial charge in [0, 0.05) is 23.7 Å². The molecule has 8 nitrogen and oxygen atoms in total. The van der Waals surface area contributed by atoms with E-state index in [1.807, 2.05) is 6.92 Å². The average molecular weight is 602 g/mol. The predicted octanol–water partition coefficient (Wildman–Crippen LogP) is 5.18. The van der Waals surface area contributed by atoms with Crippen LogP contribution in [0.1, 0.15) is 29.3 Å². The first-order valence-corrected chi connectivity index (χ1v) is 14.5. The molecule has 11 heteroatoms. The van der Waals surface area contributed by atoms with Crippen molar-refractivity contribution in [1.29, 1.82) is 0 Å². The van der Waals surface area contributed by atoms with Gasteiger partial charge in [0.2, 0.25) is 10.0 Å². The largest absolute Gasteiger partial charge is 0.481 e. The zero-order valence-electron chi connectivity index (χ0n) is 21.8. The molecular formula is C29H26Cl2N2O6S. The maximum Gasteiger partial charge on any atom is 0.326 e. The van der Waals surface area contributed by atoms with E-state index in [0.29, 0.717) is 28.4 Å². The van der Waals surface area contributed by atoms with Crippen molar-refractivity contribution in [3.8, 4) is 17.6 Å². The van der Waals surface area contributed by atoms with Crippen LogP contribution in [0.5, 0.6) is 5.75 Å². The van der Waals surface area contributed by atoms with Crippen LogP contribution in [-0.2, 0) is 26.1 Å². The third-order valence-corrected chi connectivity index (χ3v) is 8.65. The lowest BCUT2D eigenvalue weighted by Crippen LogP contribution is -2.50. The molecule has 1 aliphatic heterocycles. The third kappa shape index (κ3) is 6.26. The van der Waals surface area contributed by atoms with E-state index in [0.717, 1.165) is 4.31 Å². The molecule has 1 amide bonds. The van der Waals surface area contributed by atoms with Crippen LogP contribution in [0.3, 0.4) is 0 Å². The van der Waals surface area contributed by atoms with Gasteiger partial charge in [-0.25, -0.2) is 8.42 Å². The Kier molecular flexibility index (Phi) is 9.38. The molecule has 1 heterocycles. The van der Waals surface area contributed by atoms with Gasteiger partial charge in [-0.3, -0.25) is 9.59 Å². The maximum atomic E-state index is 13.9. The second-order valence-electron chi connectivity index (χ2n) is 8.73. The Morgan fingerprint density at radius 1 is 1.02 bits per heavy atom. The first-order valence-electron chi connectivity index (χ1n) is 12.3. The maximum absolute atomic E-state index is 13.9. The number of amides is 1. The first kappa shape index (κ1) is 29.4. The summed E-state index contributed by atoms with van der Waals surface area (Å²) >= 11 is 12.3. The van der Waals surface area contributed by atoms with Gasteiger partial charge < -0.3 is 14.4 Å². The lowest BCUT2D eigenvalue weighted by atomic mass is 10.1. The highest BCUT2D eigenvalue weighted by Gasteiger charge is 2.42. The van der Waals surface area contributed by atoms with Gasteiger partial charge in [0.25, 0.3) is 5.91 Å². The lowest BCUT2D eigenvalue weighted by molar-refractivity contribution is -0.144. The number of nitrogens with zero attached hydrogens (tertiary/aromatic N) is 2. The van der Waals surface area contributed by atoms with Gasteiger partial charge >= 0.3 is 5.97 Å². The van der Waals surface area contributed by atoms with Crippen molar-refractivity contribution in [1.82, 2.24) is 4.31 Å². The van der Waals surface area contributed by atoms with E-state index in [9.17, 15) is 18.0 Å². The fourth-order valence-corrected chi connectivity index (χ4v) is 6.31. The number of esters is 1. The molecule has 0 saturated heterocycles. The number of methoxy groups -OCH3 is 1. The fourth-order valence-electron chi connectivity index (χ4n) is 4.27. The van der Waals surface area contributed by atoms with Crippen LogP contribution in [0.2, 0.25) is 10.0 Å². The van der Waals surface area contributed by atoms with E-state index < -0.39 is 27.9 Å². The van der Waals surface area contributed by atoms with Crippen molar-refractivity contribution in [2.75, 3.05) is 25.2 Å². The number of anilines is 1. The van der Waals surface area contributed by atoms with Crippen molar-refractivity contribution in [2.24, 2.45) is 0 Å². The minimum absolute atomic E-state index is 0.0496. The number of carbonyl (C=O) groups is 2. The minimum Gasteiger partial charge on any atom is -0.481 e. The SMILES string of the molecule is CCC#CCOc1ccc(S(=O)(=O)N2Cc3ccccc3N(C(=O)c3ccc(Cl)cc3Cl)CC2C(=O)OC)cc1. The van der Waals surface area contributed by atoms with E-state index >= 15 is 0 Å². The summed E-state index contributed by atoms with van der Waals surface area (Å²) in [5, 5.41) is 0.481. The Balaban J connectivity index is 1.74. The van der Waals surface area contributed by atoms with E-state index in [1.54, 1.807) is 24.3 Å². The summed E-state index contributed by atoms with van der Waals surface area (Å²) in [6.45, 7) is 1.62. The molecule has 0 aromatic heterocycles.